The summed E-state index contributed by atoms with van der Waals surface area (Å²) in [6.07, 6.45) is 4.20. The largest absolute Gasteiger partial charge is 0.388 e. The van der Waals surface area contributed by atoms with Crippen molar-refractivity contribution in [3.8, 4) is 0 Å². The highest BCUT2D eigenvalue weighted by Crippen LogP contribution is 2.30. The molecule has 0 aromatic heterocycles. The van der Waals surface area contributed by atoms with Gasteiger partial charge in [-0.25, -0.2) is 0 Å². The topological polar surface area (TPSA) is 49.3 Å². The molecule has 2 N–H and O–H groups in total. The molecule has 1 aliphatic rings. The summed E-state index contributed by atoms with van der Waals surface area (Å²) < 4.78 is 0. The fraction of sp³-hybridized carbons (Fsp3) is 0.400. The first-order chi connectivity index (χ1) is 8.59. The second kappa shape index (κ2) is 5.36. The Hall–Kier alpha value is -1.61. The maximum atomic E-state index is 11.7. The van der Waals surface area contributed by atoms with Crippen LogP contribution in [0.5, 0.6) is 0 Å². The molecular formula is C15H19NO2. The lowest BCUT2D eigenvalue weighted by atomic mass is 9.80. The second-order valence-corrected chi connectivity index (χ2v) is 4.99. The van der Waals surface area contributed by atoms with E-state index >= 15 is 0 Å². The van der Waals surface area contributed by atoms with Crippen molar-refractivity contribution in [2.45, 2.75) is 31.8 Å². The number of carbonyl (C=O) groups is 1. The highest BCUT2D eigenvalue weighted by Gasteiger charge is 2.34. The van der Waals surface area contributed by atoms with Crippen molar-refractivity contribution in [1.82, 2.24) is 5.32 Å². The van der Waals surface area contributed by atoms with E-state index in [2.05, 4.69) is 5.32 Å². The van der Waals surface area contributed by atoms with Crippen LogP contribution in [0.1, 0.15) is 31.7 Å². The zero-order chi connectivity index (χ0) is 13.0. The van der Waals surface area contributed by atoms with Crippen molar-refractivity contribution in [1.29, 1.82) is 0 Å². The monoisotopic (exact) mass is 245 g/mol. The van der Waals surface area contributed by atoms with E-state index in [1.54, 1.807) is 6.08 Å². The third-order valence-electron chi connectivity index (χ3n) is 3.45. The summed E-state index contributed by atoms with van der Waals surface area (Å²) in [6.45, 7) is 2.26. The minimum absolute atomic E-state index is 0.142. The molecule has 1 saturated carbocycles. The zero-order valence-electron chi connectivity index (χ0n) is 10.6. The molecule has 1 fully saturated rings. The van der Waals surface area contributed by atoms with Gasteiger partial charge in [-0.05, 0) is 37.3 Å². The van der Waals surface area contributed by atoms with Crippen molar-refractivity contribution >= 4 is 11.5 Å². The summed E-state index contributed by atoms with van der Waals surface area (Å²) >= 11 is 0. The Morgan fingerprint density at radius 3 is 2.61 bits per heavy atom. The summed E-state index contributed by atoms with van der Waals surface area (Å²) in [5, 5.41) is 12.6. The summed E-state index contributed by atoms with van der Waals surface area (Å²) in [7, 11) is 0. The van der Waals surface area contributed by atoms with Gasteiger partial charge in [0, 0.05) is 12.6 Å². The Bertz CT molecular complexity index is 447. The molecule has 1 aromatic rings. The smallest absolute Gasteiger partial charge is 0.244 e. The molecule has 96 valence electrons. The van der Waals surface area contributed by atoms with Crippen molar-refractivity contribution < 1.29 is 9.90 Å². The fourth-order valence-electron chi connectivity index (χ4n) is 2.05. The number of hydrogen-bond acceptors (Lipinski definition) is 2. The molecule has 0 aliphatic heterocycles. The van der Waals surface area contributed by atoms with E-state index in [1.165, 1.54) is 0 Å². The molecule has 0 spiro atoms. The van der Waals surface area contributed by atoms with Crippen LogP contribution < -0.4 is 5.32 Å². The van der Waals surface area contributed by atoms with E-state index in [1.807, 2.05) is 37.3 Å². The lowest BCUT2D eigenvalue weighted by molar-refractivity contribution is -0.118. The van der Waals surface area contributed by atoms with Crippen molar-refractivity contribution in [2.24, 2.45) is 0 Å². The van der Waals surface area contributed by atoms with Gasteiger partial charge in [-0.1, -0.05) is 30.3 Å². The van der Waals surface area contributed by atoms with Gasteiger partial charge in [0.15, 0.2) is 0 Å². The first-order valence-corrected chi connectivity index (χ1v) is 6.33. The molecular weight excluding hydrogens is 226 g/mol. The molecule has 0 atom stereocenters. The summed E-state index contributed by atoms with van der Waals surface area (Å²) in [4.78, 5) is 11.7. The van der Waals surface area contributed by atoms with Crippen LogP contribution in [-0.4, -0.2) is 23.2 Å². The van der Waals surface area contributed by atoms with Crippen LogP contribution in [0, 0.1) is 0 Å². The lowest BCUT2D eigenvalue weighted by Crippen LogP contribution is -2.47. The van der Waals surface area contributed by atoms with Crippen LogP contribution in [0.25, 0.3) is 5.57 Å². The highest BCUT2D eigenvalue weighted by atomic mass is 16.3. The van der Waals surface area contributed by atoms with Gasteiger partial charge in [0.25, 0.3) is 0 Å². The van der Waals surface area contributed by atoms with Crippen LogP contribution >= 0.6 is 0 Å². The standard InChI is InChI=1S/C15H19NO2/c1-12(13-6-3-2-4-7-13)10-14(17)16-11-15(18)8-5-9-15/h2-4,6-7,10,18H,5,8-9,11H2,1H3,(H,16,17). The summed E-state index contributed by atoms with van der Waals surface area (Å²) in [6, 6.07) is 9.78. The van der Waals surface area contributed by atoms with Gasteiger partial charge in [-0.3, -0.25) is 4.79 Å². The van der Waals surface area contributed by atoms with Crippen molar-refractivity contribution in [3.63, 3.8) is 0 Å². The molecule has 0 saturated heterocycles. The minimum atomic E-state index is -0.663. The number of hydrogen-bond donors (Lipinski definition) is 2. The number of nitrogens with one attached hydrogen (secondary N) is 1. The van der Waals surface area contributed by atoms with Crippen LogP contribution in [0.2, 0.25) is 0 Å². The predicted molar refractivity (Wildman–Crippen MR) is 71.9 cm³/mol. The van der Waals surface area contributed by atoms with Gasteiger partial charge in [-0.2, -0.15) is 0 Å². The first kappa shape index (κ1) is 12.8. The molecule has 0 bridgehead atoms. The molecule has 1 amide bonds. The molecule has 2 rings (SSSR count). The van der Waals surface area contributed by atoms with E-state index in [0.717, 1.165) is 30.4 Å². The Kier molecular flexibility index (Phi) is 3.82. The third-order valence-corrected chi connectivity index (χ3v) is 3.45. The number of amides is 1. The average molecular weight is 245 g/mol. The van der Waals surface area contributed by atoms with Gasteiger partial charge in [0.2, 0.25) is 5.91 Å². The SMILES string of the molecule is CC(=CC(=O)NCC1(O)CCC1)c1ccccc1. The maximum Gasteiger partial charge on any atom is 0.244 e. The molecule has 0 unspecified atom stereocenters. The van der Waals surface area contributed by atoms with Gasteiger partial charge < -0.3 is 10.4 Å². The van der Waals surface area contributed by atoms with E-state index in [9.17, 15) is 9.90 Å². The normalized spacial score (nSPS) is 18.0. The molecule has 0 radical (unpaired) electrons. The van der Waals surface area contributed by atoms with Crippen LogP contribution in [0.3, 0.4) is 0 Å². The van der Waals surface area contributed by atoms with E-state index in [0.29, 0.717) is 6.54 Å². The number of rotatable bonds is 4. The molecule has 1 aliphatic carbocycles. The maximum absolute atomic E-state index is 11.7. The quantitative estimate of drug-likeness (QED) is 0.798. The van der Waals surface area contributed by atoms with E-state index in [-0.39, 0.29) is 5.91 Å². The van der Waals surface area contributed by atoms with Gasteiger partial charge in [0.1, 0.15) is 0 Å². The van der Waals surface area contributed by atoms with Crippen molar-refractivity contribution in [2.75, 3.05) is 6.54 Å². The van der Waals surface area contributed by atoms with Crippen LogP contribution in [-0.2, 0) is 4.79 Å². The average Bonchev–Trinajstić information content (AvgIpc) is 2.35. The second-order valence-electron chi connectivity index (χ2n) is 4.99. The minimum Gasteiger partial charge on any atom is -0.388 e. The van der Waals surface area contributed by atoms with Crippen LogP contribution in [0.4, 0.5) is 0 Å². The third kappa shape index (κ3) is 3.20. The Morgan fingerprint density at radius 2 is 2.06 bits per heavy atom. The predicted octanol–water partition coefficient (Wildman–Crippen LogP) is 2.12. The summed E-state index contributed by atoms with van der Waals surface area (Å²) in [5.41, 5.74) is 1.30. The molecule has 3 heteroatoms. The number of allylic oxidation sites excluding steroid dienone is 1. The van der Waals surface area contributed by atoms with Crippen LogP contribution in [0.15, 0.2) is 36.4 Å². The van der Waals surface area contributed by atoms with E-state index < -0.39 is 5.60 Å². The zero-order valence-corrected chi connectivity index (χ0v) is 10.6. The molecule has 1 aromatic carbocycles. The lowest BCUT2D eigenvalue weighted by Gasteiger charge is -2.36. The first-order valence-electron chi connectivity index (χ1n) is 6.33. The highest BCUT2D eigenvalue weighted by molar-refractivity contribution is 5.94. The molecule has 0 heterocycles. The Morgan fingerprint density at radius 1 is 1.39 bits per heavy atom. The van der Waals surface area contributed by atoms with Crippen molar-refractivity contribution in [3.05, 3.63) is 42.0 Å². The fourth-order valence-corrected chi connectivity index (χ4v) is 2.05. The number of carbonyl (C=O) groups excluding carboxylic acids is 1. The molecule has 18 heavy (non-hydrogen) atoms. The summed E-state index contributed by atoms with van der Waals surface area (Å²) in [5.74, 6) is -0.142. The van der Waals surface area contributed by atoms with Gasteiger partial charge in [0.05, 0.1) is 5.60 Å². The van der Waals surface area contributed by atoms with Gasteiger partial charge >= 0.3 is 0 Å². The Balaban J connectivity index is 1.90. The molecule has 3 nitrogen and oxygen atoms in total. The Labute approximate surface area is 108 Å². The number of aliphatic hydroxyl groups is 1. The van der Waals surface area contributed by atoms with E-state index in [4.69, 9.17) is 0 Å². The number of benzene rings is 1. The van der Waals surface area contributed by atoms with Gasteiger partial charge in [-0.15, -0.1) is 0 Å².